The van der Waals surface area contributed by atoms with Crippen molar-refractivity contribution in [2.45, 2.75) is 45.3 Å². The van der Waals surface area contributed by atoms with Crippen LogP contribution in [0.15, 0.2) is 24.3 Å². The van der Waals surface area contributed by atoms with Gasteiger partial charge >= 0.3 is 6.18 Å². The molecule has 0 spiro atoms. The maximum absolute atomic E-state index is 12.8. The molecule has 1 aliphatic heterocycles. The highest BCUT2D eigenvalue weighted by molar-refractivity contribution is 5.78. The van der Waals surface area contributed by atoms with E-state index in [1.54, 1.807) is 6.07 Å². The van der Waals surface area contributed by atoms with Crippen LogP contribution >= 0.6 is 0 Å². The molecule has 1 N–H and O–H groups in total. The van der Waals surface area contributed by atoms with Gasteiger partial charge in [-0.25, -0.2) is 0 Å². The number of hydrogen-bond acceptors (Lipinski definition) is 3. The molecule has 0 aliphatic carbocycles. The smallest absolute Gasteiger partial charge is 0.379 e. The SMILES string of the molecule is CCC(CC)C(CNC(=O)Cc1cccc(C(F)(F)F)c1)N1CCOCC1. The number of carbonyl (C=O) groups is 1. The summed E-state index contributed by atoms with van der Waals surface area (Å²) in [6.07, 6.45) is -2.42. The third kappa shape index (κ3) is 6.50. The van der Waals surface area contributed by atoms with Gasteiger partial charge in [0.15, 0.2) is 0 Å². The van der Waals surface area contributed by atoms with E-state index in [4.69, 9.17) is 4.74 Å². The third-order valence-electron chi connectivity index (χ3n) is 5.23. The highest BCUT2D eigenvalue weighted by Gasteiger charge is 2.30. The van der Waals surface area contributed by atoms with Crippen molar-refractivity contribution in [1.29, 1.82) is 0 Å². The summed E-state index contributed by atoms with van der Waals surface area (Å²) in [6, 6.07) is 5.17. The minimum absolute atomic E-state index is 0.0529. The molecule has 0 aromatic heterocycles. The minimum atomic E-state index is -4.40. The molecule has 1 amide bonds. The first kappa shape index (κ1) is 21.7. The molecule has 27 heavy (non-hydrogen) atoms. The first-order chi connectivity index (χ1) is 12.8. The molecule has 4 nitrogen and oxygen atoms in total. The number of ether oxygens (including phenoxy) is 1. The van der Waals surface area contributed by atoms with Gasteiger partial charge in [-0.1, -0.05) is 44.9 Å². The summed E-state index contributed by atoms with van der Waals surface area (Å²) in [7, 11) is 0. The van der Waals surface area contributed by atoms with Gasteiger partial charge in [0.05, 0.1) is 25.2 Å². The number of carbonyl (C=O) groups excluding carboxylic acids is 1. The Kier molecular flexibility index (Phi) is 8.10. The second-order valence-electron chi connectivity index (χ2n) is 6.97. The fraction of sp³-hybridized carbons (Fsp3) is 0.650. The number of morpholine rings is 1. The van der Waals surface area contributed by atoms with E-state index in [0.29, 0.717) is 31.2 Å². The van der Waals surface area contributed by atoms with Crippen molar-refractivity contribution in [3.05, 3.63) is 35.4 Å². The van der Waals surface area contributed by atoms with Crippen LogP contribution in [0.2, 0.25) is 0 Å². The van der Waals surface area contributed by atoms with Gasteiger partial charge < -0.3 is 10.1 Å². The number of nitrogens with one attached hydrogen (secondary N) is 1. The lowest BCUT2D eigenvalue weighted by atomic mass is 9.92. The third-order valence-corrected chi connectivity index (χ3v) is 5.23. The molecule has 1 fully saturated rings. The summed E-state index contributed by atoms with van der Waals surface area (Å²) in [6.45, 7) is 7.85. The van der Waals surface area contributed by atoms with Crippen molar-refractivity contribution in [1.82, 2.24) is 10.2 Å². The zero-order valence-corrected chi connectivity index (χ0v) is 16.0. The summed E-state index contributed by atoms with van der Waals surface area (Å²) < 4.78 is 43.9. The Morgan fingerprint density at radius 2 is 1.89 bits per heavy atom. The number of alkyl halides is 3. The normalized spacial score (nSPS) is 17.1. The van der Waals surface area contributed by atoms with Crippen molar-refractivity contribution in [3.63, 3.8) is 0 Å². The molecule has 2 rings (SSSR count). The maximum Gasteiger partial charge on any atom is 0.416 e. The van der Waals surface area contributed by atoms with Crippen LogP contribution in [0.5, 0.6) is 0 Å². The zero-order chi connectivity index (χ0) is 19.9. The van der Waals surface area contributed by atoms with Crippen molar-refractivity contribution < 1.29 is 22.7 Å². The second kappa shape index (κ2) is 10.1. The van der Waals surface area contributed by atoms with Crippen LogP contribution in [0.25, 0.3) is 0 Å². The molecule has 0 radical (unpaired) electrons. The van der Waals surface area contributed by atoms with Gasteiger partial charge in [-0.2, -0.15) is 13.2 Å². The van der Waals surface area contributed by atoms with E-state index in [9.17, 15) is 18.0 Å². The Hall–Kier alpha value is -1.60. The summed E-state index contributed by atoms with van der Waals surface area (Å²) in [4.78, 5) is 14.7. The van der Waals surface area contributed by atoms with Crippen molar-refractivity contribution in [3.8, 4) is 0 Å². The number of amides is 1. The van der Waals surface area contributed by atoms with Gasteiger partial charge in [-0.15, -0.1) is 0 Å². The summed E-state index contributed by atoms with van der Waals surface area (Å²) in [5.74, 6) is 0.204. The molecule has 1 heterocycles. The Balaban J connectivity index is 1.96. The largest absolute Gasteiger partial charge is 0.416 e. The minimum Gasteiger partial charge on any atom is -0.379 e. The van der Waals surface area contributed by atoms with Crippen LogP contribution in [0, 0.1) is 5.92 Å². The van der Waals surface area contributed by atoms with Crippen molar-refractivity contribution in [2.75, 3.05) is 32.8 Å². The van der Waals surface area contributed by atoms with E-state index in [1.165, 1.54) is 6.07 Å². The van der Waals surface area contributed by atoms with Crippen LogP contribution in [-0.2, 0) is 22.1 Å². The zero-order valence-electron chi connectivity index (χ0n) is 16.0. The van der Waals surface area contributed by atoms with Crippen LogP contribution in [-0.4, -0.2) is 49.7 Å². The Morgan fingerprint density at radius 3 is 2.48 bits per heavy atom. The van der Waals surface area contributed by atoms with E-state index in [-0.39, 0.29) is 18.4 Å². The van der Waals surface area contributed by atoms with Crippen LogP contribution in [0.4, 0.5) is 13.2 Å². The first-order valence-corrected chi connectivity index (χ1v) is 9.59. The molecule has 0 saturated carbocycles. The average molecular weight is 386 g/mol. The van der Waals surface area contributed by atoms with Crippen LogP contribution < -0.4 is 5.32 Å². The molecule has 1 aliphatic rings. The highest BCUT2D eigenvalue weighted by Crippen LogP contribution is 2.29. The van der Waals surface area contributed by atoms with Gasteiger partial charge in [0.2, 0.25) is 5.91 Å². The van der Waals surface area contributed by atoms with E-state index < -0.39 is 11.7 Å². The lowest BCUT2D eigenvalue weighted by Gasteiger charge is -2.38. The van der Waals surface area contributed by atoms with Crippen molar-refractivity contribution in [2.24, 2.45) is 5.92 Å². The molecule has 0 bridgehead atoms. The Labute approximate surface area is 159 Å². The topological polar surface area (TPSA) is 41.6 Å². The molecular formula is C20H29F3N2O2. The first-order valence-electron chi connectivity index (χ1n) is 9.59. The van der Waals surface area contributed by atoms with E-state index in [2.05, 4.69) is 24.1 Å². The molecule has 1 aromatic carbocycles. The second-order valence-corrected chi connectivity index (χ2v) is 6.97. The Morgan fingerprint density at radius 1 is 1.22 bits per heavy atom. The predicted octanol–water partition coefficient (Wildman–Crippen LogP) is 3.50. The maximum atomic E-state index is 12.8. The molecule has 1 aromatic rings. The molecular weight excluding hydrogens is 357 g/mol. The monoisotopic (exact) mass is 386 g/mol. The standard InChI is InChI=1S/C20H29F3N2O2/c1-3-16(4-2)18(25-8-10-27-11-9-25)14-24-19(26)13-15-6-5-7-17(12-15)20(21,22)23/h5-7,12,16,18H,3-4,8-11,13-14H2,1-2H3,(H,24,26). The molecule has 1 atom stereocenters. The predicted molar refractivity (Wildman–Crippen MR) is 98.4 cm³/mol. The van der Waals surface area contributed by atoms with Gasteiger partial charge in [0.25, 0.3) is 0 Å². The van der Waals surface area contributed by atoms with Gasteiger partial charge in [0, 0.05) is 25.7 Å². The van der Waals surface area contributed by atoms with E-state index in [1.807, 2.05) is 0 Å². The van der Waals surface area contributed by atoms with Gasteiger partial charge in [-0.05, 0) is 17.5 Å². The summed E-state index contributed by atoms with van der Waals surface area (Å²) >= 11 is 0. The van der Waals surface area contributed by atoms with Crippen LogP contribution in [0.3, 0.4) is 0 Å². The molecule has 1 saturated heterocycles. The number of benzene rings is 1. The lowest BCUT2D eigenvalue weighted by Crippen LogP contribution is -2.52. The van der Waals surface area contributed by atoms with E-state index in [0.717, 1.165) is 38.1 Å². The summed E-state index contributed by atoms with van der Waals surface area (Å²) in [5.41, 5.74) is -0.358. The fourth-order valence-electron chi connectivity index (χ4n) is 3.66. The van der Waals surface area contributed by atoms with Crippen molar-refractivity contribution >= 4 is 5.91 Å². The number of halogens is 3. The molecule has 152 valence electrons. The number of rotatable bonds is 8. The quantitative estimate of drug-likeness (QED) is 0.744. The average Bonchev–Trinajstić information content (AvgIpc) is 2.65. The highest BCUT2D eigenvalue weighted by atomic mass is 19.4. The van der Waals surface area contributed by atoms with Gasteiger partial charge in [0.1, 0.15) is 0 Å². The molecule has 7 heteroatoms. The Bertz CT molecular complexity index is 597. The molecule has 1 unspecified atom stereocenters. The van der Waals surface area contributed by atoms with E-state index >= 15 is 0 Å². The number of nitrogens with zero attached hydrogens (tertiary/aromatic N) is 1. The number of hydrogen-bond donors (Lipinski definition) is 1. The lowest BCUT2D eigenvalue weighted by molar-refractivity contribution is -0.137. The van der Waals surface area contributed by atoms with Gasteiger partial charge in [-0.3, -0.25) is 9.69 Å². The fourth-order valence-corrected chi connectivity index (χ4v) is 3.66. The summed E-state index contributed by atoms with van der Waals surface area (Å²) in [5, 5.41) is 2.93. The van der Waals surface area contributed by atoms with Crippen LogP contribution in [0.1, 0.15) is 37.8 Å².